The van der Waals surface area contributed by atoms with Gasteiger partial charge in [-0.25, -0.2) is 0 Å². The third-order valence-corrected chi connectivity index (χ3v) is 5.29. The topological polar surface area (TPSA) is 66.1 Å². The molecule has 1 fully saturated rings. The predicted molar refractivity (Wildman–Crippen MR) is 96.0 cm³/mol. The van der Waals surface area contributed by atoms with Crippen molar-refractivity contribution in [2.75, 3.05) is 26.8 Å². The van der Waals surface area contributed by atoms with Crippen LogP contribution in [0, 0.1) is 19.3 Å². The van der Waals surface area contributed by atoms with Gasteiger partial charge in [-0.2, -0.15) is 0 Å². The predicted octanol–water partition coefficient (Wildman–Crippen LogP) is 2.42. The molecule has 0 aliphatic carbocycles. The summed E-state index contributed by atoms with van der Waals surface area (Å²) in [6.07, 6.45) is 1.64. The number of ether oxygens (including phenoxy) is 1. The van der Waals surface area contributed by atoms with Crippen molar-refractivity contribution in [3.8, 4) is 0 Å². The molecule has 0 atom stereocenters. The molecule has 5 nitrogen and oxygen atoms in total. The fraction of sp³-hybridized carbons (Fsp3) is 0.526. The van der Waals surface area contributed by atoms with Crippen molar-refractivity contribution in [1.29, 1.82) is 0 Å². The van der Waals surface area contributed by atoms with Gasteiger partial charge in [-0.05, 0) is 63.0 Å². The first kappa shape index (κ1) is 17.0. The minimum atomic E-state index is -0.398. The molecule has 1 aromatic heterocycles. The molecule has 0 saturated carbocycles. The number of aromatic amines is 1. The van der Waals surface area contributed by atoms with Gasteiger partial charge in [0.15, 0.2) is 0 Å². The van der Waals surface area contributed by atoms with Crippen LogP contribution in [0.3, 0.4) is 0 Å². The Bertz CT molecular complexity index is 724. The molecule has 0 spiro atoms. The van der Waals surface area contributed by atoms with Gasteiger partial charge in [0.25, 0.3) is 0 Å². The van der Waals surface area contributed by atoms with Crippen molar-refractivity contribution in [1.82, 2.24) is 15.6 Å². The van der Waals surface area contributed by atoms with E-state index >= 15 is 0 Å². The lowest BCUT2D eigenvalue weighted by Crippen LogP contribution is -2.49. The normalized spacial score (nSPS) is 17.1. The first-order valence-corrected chi connectivity index (χ1v) is 8.61. The SMILES string of the molecule is COCC1(C(=O)NCc2ccc3[nH]c(C)c(C)c3c2)CCNCC1. The third kappa shape index (κ3) is 3.19. The number of hydrogen-bond acceptors (Lipinski definition) is 3. The number of hydrogen-bond donors (Lipinski definition) is 3. The molecule has 24 heavy (non-hydrogen) atoms. The van der Waals surface area contributed by atoms with E-state index in [0.717, 1.165) is 37.0 Å². The van der Waals surface area contributed by atoms with E-state index in [1.807, 2.05) is 0 Å². The van der Waals surface area contributed by atoms with E-state index in [-0.39, 0.29) is 5.91 Å². The Balaban J connectivity index is 1.72. The summed E-state index contributed by atoms with van der Waals surface area (Å²) in [5, 5.41) is 7.67. The molecule has 3 rings (SSSR count). The molecule has 2 aromatic rings. The Morgan fingerprint density at radius 3 is 2.75 bits per heavy atom. The van der Waals surface area contributed by atoms with Gasteiger partial charge in [0.1, 0.15) is 0 Å². The number of benzene rings is 1. The highest BCUT2D eigenvalue weighted by Gasteiger charge is 2.39. The zero-order valence-electron chi connectivity index (χ0n) is 14.8. The van der Waals surface area contributed by atoms with E-state index in [2.05, 4.69) is 47.7 Å². The number of aryl methyl sites for hydroxylation is 2. The number of nitrogens with one attached hydrogen (secondary N) is 3. The lowest BCUT2D eigenvalue weighted by atomic mass is 9.78. The molecule has 1 amide bonds. The number of amides is 1. The summed E-state index contributed by atoms with van der Waals surface area (Å²) in [7, 11) is 1.67. The van der Waals surface area contributed by atoms with E-state index in [4.69, 9.17) is 4.74 Å². The molecule has 2 heterocycles. The van der Waals surface area contributed by atoms with E-state index in [1.54, 1.807) is 7.11 Å². The largest absolute Gasteiger partial charge is 0.384 e. The molecule has 0 bridgehead atoms. The van der Waals surface area contributed by atoms with Gasteiger partial charge < -0.3 is 20.4 Å². The van der Waals surface area contributed by atoms with Crippen LogP contribution in [0.1, 0.15) is 29.7 Å². The van der Waals surface area contributed by atoms with Crippen molar-refractivity contribution in [3.63, 3.8) is 0 Å². The molecule has 1 aliphatic heterocycles. The molecular weight excluding hydrogens is 302 g/mol. The summed E-state index contributed by atoms with van der Waals surface area (Å²) in [5.74, 6) is 0.105. The first-order chi connectivity index (χ1) is 11.6. The van der Waals surface area contributed by atoms with E-state index < -0.39 is 5.41 Å². The van der Waals surface area contributed by atoms with E-state index in [1.165, 1.54) is 16.6 Å². The number of piperidine rings is 1. The average molecular weight is 329 g/mol. The summed E-state index contributed by atoms with van der Waals surface area (Å²) in [6.45, 7) is 6.98. The molecule has 130 valence electrons. The number of carbonyl (C=O) groups excluding carboxylic acids is 1. The highest BCUT2D eigenvalue weighted by atomic mass is 16.5. The molecule has 3 N–H and O–H groups in total. The van der Waals surface area contributed by atoms with Crippen LogP contribution in [0.25, 0.3) is 10.9 Å². The lowest BCUT2D eigenvalue weighted by Gasteiger charge is -2.35. The maximum atomic E-state index is 12.8. The molecule has 1 aromatic carbocycles. The van der Waals surface area contributed by atoms with Gasteiger partial charge in [-0.1, -0.05) is 6.07 Å². The molecule has 0 radical (unpaired) electrons. The Labute approximate surface area is 143 Å². The van der Waals surface area contributed by atoms with Gasteiger partial charge in [0, 0.05) is 30.3 Å². The zero-order chi connectivity index (χ0) is 17.2. The average Bonchev–Trinajstić information content (AvgIpc) is 2.88. The lowest BCUT2D eigenvalue weighted by molar-refractivity contribution is -0.136. The van der Waals surface area contributed by atoms with Crippen molar-refractivity contribution in [2.24, 2.45) is 5.41 Å². The summed E-state index contributed by atoms with van der Waals surface area (Å²) in [6, 6.07) is 6.33. The third-order valence-electron chi connectivity index (χ3n) is 5.29. The van der Waals surface area contributed by atoms with Gasteiger partial charge >= 0.3 is 0 Å². The van der Waals surface area contributed by atoms with Crippen LogP contribution in [-0.4, -0.2) is 37.7 Å². The summed E-state index contributed by atoms with van der Waals surface area (Å²) >= 11 is 0. The number of H-pyrrole nitrogens is 1. The van der Waals surface area contributed by atoms with Crippen molar-refractivity contribution < 1.29 is 9.53 Å². The van der Waals surface area contributed by atoms with Crippen LogP contribution in [0.5, 0.6) is 0 Å². The maximum absolute atomic E-state index is 12.8. The Kier molecular flexibility index (Phi) is 4.92. The van der Waals surface area contributed by atoms with Crippen molar-refractivity contribution in [3.05, 3.63) is 35.0 Å². The van der Waals surface area contributed by atoms with Gasteiger partial charge in [-0.3, -0.25) is 4.79 Å². The minimum Gasteiger partial charge on any atom is -0.384 e. The number of methoxy groups -OCH3 is 1. The molecule has 1 saturated heterocycles. The maximum Gasteiger partial charge on any atom is 0.228 e. The highest BCUT2D eigenvalue weighted by molar-refractivity contribution is 5.85. The Morgan fingerprint density at radius 1 is 1.29 bits per heavy atom. The second-order valence-corrected chi connectivity index (χ2v) is 6.90. The summed E-state index contributed by atoms with van der Waals surface area (Å²) in [5.41, 5.74) is 4.34. The molecule has 5 heteroatoms. The highest BCUT2D eigenvalue weighted by Crippen LogP contribution is 2.29. The first-order valence-electron chi connectivity index (χ1n) is 8.61. The van der Waals surface area contributed by atoms with E-state index in [0.29, 0.717) is 13.2 Å². The standard InChI is InChI=1S/C19H27N3O2/c1-13-14(2)22-17-5-4-15(10-16(13)17)11-21-18(23)19(12-24-3)6-8-20-9-7-19/h4-5,10,20,22H,6-9,11-12H2,1-3H3,(H,21,23). The second-order valence-electron chi connectivity index (χ2n) is 6.90. The second kappa shape index (κ2) is 6.95. The van der Waals surface area contributed by atoms with Crippen molar-refractivity contribution in [2.45, 2.75) is 33.2 Å². The van der Waals surface area contributed by atoms with Gasteiger partial charge in [-0.15, -0.1) is 0 Å². The fourth-order valence-electron chi connectivity index (χ4n) is 3.61. The monoisotopic (exact) mass is 329 g/mol. The zero-order valence-corrected chi connectivity index (χ0v) is 14.8. The van der Waals surface area contributed by atoms with Crippen LogP contribution in [0.2, 0.25) is 0 Å². The fourth-order valence-corrected chi connectivity index (χ4v) is 3.61. The minimum absolute atomic E-state index is 0.105. The smallest absolute Gasteiger partial charge is 0.228 e. The molecule has 0 unspecified atom stereocenters. The van der Waals surface area contributed by atoms with Crippen molar-refractivity contribution >= 4 is 16.8 Å². The number of fused-ring (bicyclic) bond motifs is 1. The number of aromatic nitrogens is 1. The van der Waals surface area contributed by atoms with Gasteiger partial charge in [0.2, 0.25) is 5.91 Å². The Morgan fingerprint density at radius 2 is 2.04 bits per heavy atom. The van der Waals surface area contributed by atoms with E-state index in [9.17, 15) is 4.79 Å². The number of rotatable bonds is 5. The number of carbonyl (C=O) groups is 1. The molecular formula is C19H27N3O2. The summed E-state index contributed by atoms with van der Waals surface area (Å²) < 4.78 is 5.34. The summed E-state index contributed by atoms with van der Waals surface area (Å²) in [4.78, 5) is 16.2. The Hall–Kier alpha value is -1.85. The van der Waals surface area contributed by atoms with Crippen LogP contribution < -0.4 is 10.6 Å². The van der Waals surface area contributed by atoms with Crippen LogP contribution >= 0.6 is 0 Å². The molecule has 1 aliphatic rings. The van der Waals surface area contributed by atoms with Crippen LogP contribution in [-0.2, 0) is 16.1 Å². The quantitative estimate of drug-likeness (QED) is 0.789. The van der Waals surface area contributed by atoms with Crippen LogP contribution in [0.15, 0.2) is 18.2 Å². The van der Waals surface area contributed by atoms with Crippen LogP contribution in [0.4, 0.5) is 0 Å². The van der Waals surface area contributed by atoms with Gasteiger partial charge in [0.05, 0.1) is 12.0 Å².